The normalized spacial score (nSPS) is 18.5. The van der Waals surface area contributed by atoms with Gasteiger partial charge in [0.05, 0.1) is 9.12 Å². The molecular formula is C29H22IN5O3. The van der Waals surface area contributed by atoms with E-state index in [1.165, 1.54) is 0 Å². The summed E-state index contributed by atoms with van der Waals surface area (Å²) in [6.07, 6.45) is 4.18. The average molecular weight is 615 g/mol. The number of alkyl halides is 1. The molecule has 0 saturated carbocycles. The maximum Gasteiger partial charge on any atom is 0.274 e. The zero-order valence-electron chi connectivity index (χ0n) is 20.3. The Labute approximate surface area is 230 Å². The van der Waals surface area contributed by atoms with Gasteiger partial charge in [0.2, 0.25) is 5.78 Å². The number of allylic oxidation sites excluding steroid dienone is 2. The predicted molar refractivity (Wildman–Crippen MR) is 154 cm³/mol. The fourth-order valence-electron chi connectivity index (χ4n) is 5.67. The van der Waals surface area contributed by atoms with Gasteiger partial charge in [0.25, 0.3) is 11.8 Å². The highest BCUT2D eigenvalue weighted by Gasteiger charge is 2.50. The maximum atomic E-state index is 13.6. The number of aromatic amines is 3. The van der Waals surface area contributed by atoms with Gasteiger partial charge in [0.15, 0.2) is 0 Å². The molecule has 1 saturated heterocycles. The third kappa shape index (κ3) is 3.38. The number of amides is 2. The number of benzene rings is 2. The van der Waals surface area contributed by atoms with Crippen molar-refractivity contribution < 1.29 is 14.4 Å². The highest BCUT2D eigenvalue weighted by molar-refractivity contribution is 14.1. The minimum absolute atomic E-state index is 0.109. The van der Waals surface area contributed by atoms with E-state index < -0.39 is 3.42 Å². The molecule has 0 radical (unpaired) electrons. The fraction of sp³-hybridized carbons (Fsp3) is 0.138. The minimum Gasteiger partial charge on any atom is -0.358 e. The summed E-state index contributed by atoms with van der Waals surface area (Å²) in [5.74, 6) is -0.530. The van der Waals surface area contributed by atoms with E-state index in [9.17, 15) is 14.4 Å². The van der Waals surface area contributed by atoms with E-state index in [1.807, 2.05) is 55.6 Å². The first-order valence-electron chi connectivity index (χ1n) is 12.3. The third-order valence-corrected chi connectivity index (χ3v) is 9.12. The summed E-state index contributed by atoms with van der Waals surface area (Å²) in [5, 5.41) is 4.71. The number of rotatable bonds is 3. The maximum absolute atomic E-state index is 13.6. The topological polar surface area (TPSA) is 114 Å². The molecule has 7 rings (SSSR count). The minimum atomic E-state index is -0.424. The zero-order chi connectivity index (χ0) is 26.2. The van der Waals surface area contributed by atoms with Crippen molar-refractivity contribution in [3.05, 3.63) is 101 Å². The molecule has 1 fully saturated rings. The van der Waals surface area contributed by atoms with Crippen molar-refractivity contribution in [1.29, 1.82) is 0 Å². The molecule has 1 aliphatic heterocycles. The molecular weight excluding hydrogens is 593 g/mol. The van der Waals surface area contributed by atoms with Gasteiger partial charge in [0, 0.05) is 57.6 Å². The van der Waals surface area contributed by atoms with Gasteiger partial charge in [-0.1, -0.05) is 40.8 Å². The van der Waals surface area contributed by atoms with E-state index in [0.29, 0.717) is 29.3 Å². The summed E-state index contributed by atoms with van der Waals surface area (Å²) < 4.78 is -0.424. The number of carbonyl (C=O) groups excluding carboxylic acids is 3. The Morgan fingerprint density at radius 1 is 1.00 bits per heavy atom. The summed E-state index contributed by atoms with van der Waals surface area (Å²) >= 11 is 2.39. The quantitative estimate of drug-likeness (QED) is 0.152. The van der Waals surface area contributed by atoms with Crippen LogP contribution in [0.1, 0.15) is 49.0 Å². The summed E-state index contributed by atoms with van der Waals surface area (Å²) in [4.78, 5) is 50.5. The van der Waals surface area contributed by atoms with Crippen molar-refractivity contribution in [3.8, 4) is 0 Å². The van der Waals surface area contributed by atoms with Crippen LogP contribution in [0.2, 0.25) is 0 Å². The first-order valence-corrected chi connectivity index (χ1v) is 13.4. The number of likely N-dealkylation sites (tertiary alicyclic amines) is 1. The van der Waals surface area contributed by atoms with E-state index in [4.69, 9.17) is 0 Å². The molecule has 0 spiro atoms. The van der Waals surface area contributed by atoms with Crippen LogP contribution in [0.3, 0.4) is 0 Å². The Morgan fingerprint density at radius 2 is 1.76 bits per heavy atom. The first kappa shape index (κ1) is 23.0. The second kappa shape index (κ2) is 8.19. The lowest BCUT2D eigenvalue weighted by molar-refractivity contribution is 0.0818. The fourth-order valence-corrected chi connectivity index (χ4v) is 7.06. The number of H-pyrrole nitrogens is 3. The van der Waals surface area contributed by atoms with Crippen molar-refractivity contribution in [3.63, 3.8) is 0 Å². The zero-order valence-corrected chi connectivity index (χ0v) is 22.5. The van der Waals surface area contributed by atoms with Crippen LogP contribution in [0.25, 0.3) is 21.8 Å². The number of para-hydroxylation sites is 1. The van der Waals surface area contributed by atoms with Crippen molar-refractivity contribution in [2.45, 2.75) is 16.8 Å². The monoisotopic (exact) mass is 615 g/mol. The molecule has 188 valence electrons. The Hall–Kier alpha value is -4.12. The molecule has 1 atom stereocenters. The van der Waals surface area contributed by atoms with Gasteiger partial charge in [-0.2, -0.15) is 0 Å². The smallest absolute Gasteiger partial charge is 0.274 e. The van der Waals surface area contributed by atoms with Crippen molar-refractivity contribution >= 4 is 67.7 Å². The Morgan fingerprint density at radius 3 is 2.61 bits per heavy atom. The number of aromatic nitrogens is 3. The number of carbonyl (C=O) groups is 3. The van der Waals surface area contributed by atoms with Crippen LogP contribution in [0.15, 0.2) is 72.6 Å². The largest absolute Gasteiger partial charge is 0.358 e. The number of ketones is 1. The van der Waals surface area contributed by atoms with Gasteiger partial charge >= 0.3 is 0 Å². The summed E-state index contributed by atoms with van der Waals surface area (Å²) in [5.41, 5.74) is 6.57. The molecule has 2 aliphatic rings. The SMILES string of the molecule is Cc1c[nH]c2c1C1(I)CCN(C(=O)c3cc4cc(NC(=O)c5cc6ccccc6[nH]5)ccc4[nH]3)C1=CC2=O. The van der Waals surface area contributed by atoms with E-state index in [2.05, 4.69) is 42.9 Å². The van der Waals surface area contributed by atoms with Gasteiger partial charge in [-0.3, -0.25) is 14.4 Å². The van der Waals surface area contributed by atoms with Crippen LogP contribution >= 0.6 is 22.6 Å². The molecule has 4 heterocycles. The number of nitrogens with one attached hydrogen (secondary N) is 4. The number of hydrogen-bond donors (Lipinski definition) is 4. The number of anilines is 1. The number of halogens is 1. The van der Waals surface area contributed by atoms with Crippen LogP contribution in [0.4, 0.5) is 5.69 Å². The van der Waals surface area contributed by atoms with E-state index in [1.54, 1.807) is 23.1 Å². The Balaban J connectivity index is 1.15. The molecule has 1 unspecified atom stereocenters. The standard InChI is InChI=1S/C29H22IN5O3/c1-15-14-31-26-23(36)13-24-29(30,25(15)26)8-9-35(24)28(38)22-12-17-10-18(6-7-20(17)34-22)32-27(37)21-11-16-4-2-3-5-19(16)33-21/h2-7,10-14,31,33-34H,8-9H2,1H3,(H,32,37). The van der Waals surface area contributed by atoms with Gasteiger partial charge in [-0.15, -0.1) is 0 Å². The lowest BCUT2D eigenvalue weighted by Gasteiger charge is -2.30. The third-order valence-electron chi connectivity index (χ3n) is 7.49. The molecule has 8 nitrogen and oxygen atoms in total. The number of aryl methyl sites for hydroxylation is 1. The van der Waals surface area contributed by atoms with Crippen LogP contribution in [-0.2, 0) is 3.42 Å². The van der Waals surface area contributed by atoms with Crippen molar-refractivity contribution in [2.24, 2.45) is 0 Å². The second-order valence-electron chi connectivity index (χ2n) is 9.83. The lowest BCUT2D eigenvalue weighted by atomic mass is 9.86. The molecule has 0 bridgehead atoms. The molecule has 2 amide bonds. The molecule has 5 aromatic rings. The second-order valence-corrected chi connectivity index (χ2v) is 11.7. The summed E-state index contributed by atoms with van der Waals surface area (Å²) in [7, 11) is 0. The predicted octanol–water partition coefficient (Wildman–Crippen LogP) is 5.79. The van der Waals surface area contributed by atoms with Crippen LogP contribution in [0.5, 0.6) is 0 Å². The lowest BCUT2D eigenvalue weighted by Crippen LogP contribution is -2.33. The number of fused-ring (bicyclic) bond motifs is 5. The summed E-state index contributed by atoms with van der Waals surface area (Å²) in [6, 6.07) is 16.8. The Bertz CT molecular complexity index is 1830. The molecule has 38 heavy (non-hydrogen) atoms. The van der Waals surface area contributed by atoms with Crippen LogP contribution in [0, 0.1) is 6.92 Å². The van der Waals surface area contributed by atoms with Gasteiger partial charge in [-0.05, 0) is 55.3 Å². The number of nitrogens with zero attached hydrogens (tertiary/aromatic N) is 1. The average Bonchev–Trinajstić information content (AvgIpc) is 3.67. The summed E-state index contributed by atoms with van der Waals surface area (Å²) in [6.45, 7) is 2.51. The van der Waals surface area contributed by atoms with Crippen molar-refractivity contribution in [2.75, 3.05) is 11.9 Å². The molecule has 2 aromatic carbocycles. The molecule has 9 heteroatoms. The van der Waals surface area contributed by atoms with Crippen LogP contribution < -0.4 is 5.32 Å². The van der Waals surface area contributed by atoms with E-state index in [0.717, 1.165) is 45.1 Å². The van der Waals surface area contributed by atoms with E-state index in [-0.39, 0.29) is 17.6 Å². The van der Waals surface area contributed by atoms with Gasteiger partial charge < -0.3 is 25.2 Å². The first-order chi connectivity index (χ1) is 18.3. The van der Waals surface area contributed by atoms with Gasteiger partial charge in [-0.25, -0.2) is 0 Å². The van der Waals surface area contributed by atoms with Crippen molar-refractivity contribution in [1.82, 2.24) is 19.9 Å². The Kier molecular flexibility index (Phi) is 4.96. The molecule has 3 aromatic heterocycles. The highest BCUT2D eigenvalue weighted by atomic mass is 127. The molecule has 1 aliphatic carbocycles. The highest BCUT2D eigenvalue weighted by Crippen LogP contribution is 2.53. The number of hydrogen-bond acceptors (Lipinski definition) is 3. The molecule has 4 N–H and O–H groups in total. The van der Waals surface area contributed by atoms with E-state index >= 15 is 0 Å². The van der Waals surface area contributed by atoms with Crippen LogP contribution in [-0.4, -0.2) is 44.0 Å². The van der Waals surface area contributed by atoms with Gasteiger partial charge in [0.1, 0.15) is 11.4 Å².